The number of amides is 1. The fraction of sp³-hybridized carbons (Fsp3) is 0.360. The Morgan fingerprint density at radius 1 is 1.27 bits per heavy atom. The normalized spacial score (nSPS) is 16.5. The molecule has 2 N–H and O–H groups in total. The van der Waals surface area contributed by atoms with Gasteiger partial charge in [0.2, 0.25) is 11.5 Å². The largest absolute Gasteiger partial charge is 0.359 e. The van der Waals surface area contributed by atoms with Crippen LogP contribution in [0.25, 0.3) is 5.52 Å². The lowest BCUT2D eigenvalue weighted by Crippen LogP contribution is -2.63. The van der Waals surface area contributed by atoms with E-state index in [4.69, 9.17) is 4.74 Å². The number of nitrogens with zero attached hydrogens (tertiary/aromatic N) is 6. The standard InChI is InChI=1S/C25H30F2N8O2/c1-6-9-18(7-2)25(37-5,24(4,26)27)22(36)33-12-14-34(15-13-33)23-29-21(19-10-8-11-35(19)32-23)28-20-16-17(3)30-31-20/h6-11,16H,1-2,12-15H2,3-5H3,(H2,28,29,30,31,32)/b18-9+/t25-/m0/s1. The summed E-state index contributed by atoms with van der Waals surface area (Å²) in [6, 6.07) is 5.59. The van der Waals surface area contributed by atoms with Crippen LogP contribution in [0.15, 0.2) is 61.4 Å². The summed E-state index contributed by atoms with van der Waals surface area (Å²) < 4.78 is 36.9. The van der Waals surface area contributed by atoms with Crippen LogP contribution in [-0.4, -0.2) is 80.4 Å². The number of piperazine rings is 1. The van der Waals surface area contributed by atoms with Gasteiger partial charge in [-0.2, -0.15) is 10.1 Å². The van der Waals surface area contributed by atoms with Crippen molar-refractivity contribution in [3.8, 4) is 0 Å². The lowest BCUT2D eigenvalue weighted by atomic mass is 9.85. The van der Waals surface area contributed by atoms with E-state index in [1.807, 2.05) is 30.0 Å². The summed E-state index contributed by atoms with van der Waals surface area (Å²) in [5.74, 6) is -2.75. The van der Waals surface area contributed by atoms with Gasteiger partial charge in [0.05, 0.1) is 0 Å². The Hall–Kier alpha value is -4.06. The van der Waals surface area contributed by atoms with Gasteiger partial charge < -0.3 is 19.9 Å². The Labute approximate surface area is 213 Å². The molecule has 10 nitrogen and oxygen atoms in total. The van der Waals surface area contributed by atoms with Crippen LogP contribution in [0.1, 0.15) is 12.6 Å². The molecule has 4 heterocycles. The van der Waals surface area contributed by atoms with Crippen LogP contribution < -0.4 is 10.2 Å². The van der Waals surface area contributed by atoms with Gasteiger partial charge in [-0.3, -0.25) is 9.89 Å². The summed E-state index contributed by atoms with van der Waals surface area (Å²) in [7, 11) is 1.10. The lowest BCUT2D eigenvalue weighted by molar-refractivity contribution is -0.190. The Balaban J connectivity index is 1.57. The maximum absolute atomic E-state index is 14.9. The first-order chi connectivity index (χ1) is 17.6. The van der Waals surface area contributed by atoms with Crippen molar-refractivity contribution in [2.75, 3.05) is 43.5 Å². The van der Waals surface area contributed by atoms with Crippen LogP contribution in [0.5, 0.6) is 0 Å². The molecule has 1 atom stereocenters. The maximum atomic E-state index is 14.9. The van der Waals surface area contributed by atoms with Crippen LogP contribution in [0.3, 0.4) is 0 Å². The first-order valence-electron chi connectivity index (χ1n) is 11.7. The average molecular weight is 513 g/mol. The highest BCUT2D eigenvalue weighted by Gasteiger charge is 2.60. The highest BCUT2D eigenvalue weighted by atomic mass is 19.3. The van der Waals surface area contributed by atoms with Gasteiger partial charge in [-0.05, 0) is 24.6 Å². The lowest BCUT2D eigenvalue weighted by Gasteiger charge is -2.43. The number of allylic oxidation sites excluding steroid dienone is 2. The van der Waals surface area contributed by atoms with E-state index < -0.39 is 17.4 Å². The van der Waals surface area contributed by atoms with Crippen molar-refractivity contribution in [2.45, 2.75) is 25.4 Å². The monoisotopic (exact) mass is 512 g/mol. The molecule has 1 aliphatic heterocycles. The zero-order chi connectivity index (χ0) is 26.8. The number of ether oxygens (including phenoxy) is 1. The third-order valence-electron chi connectivity index (χ3n) is 6.33. The van der Waals surface area contributed by atoms with E-state index in [2.05, 4.69) is 38.8 Å². The van der Waals surface area contributed by atoms with Crippen LogP contribution in [-0.2, 0) is 9.53 Å². The molecule has 3 aromatic heterocycles. The molecule has 0 aromatic carbocycles. The van der Waals surface area contributed by atoms with E-state index in [1.165, 1.54) is 23.1 Å². The topological polar surface area (TPSA) is 104 Å². The first kappa shape index (κ1) is 26.0. The molecule has 0 spiro atoms. The molecule has 1 fully saturated rings. The third-order valence-corrected chi connectivity index (χ3v) is 6.33. The SMILES string of the molecule is C=C/C=C(\C=C)[C@](OC)(C(=O)N1CCN(c2nc(Nc3cc(C)[nH]n3)c3cccn3n2)CC1)C(C)(F)F. The number of nitrogens with one attached hydrogen (secondary N) is 2. The van der Waals surface area contributed by atoms with Crippen LogP contribution in [0.4, 0.5) is 26.4 Å². The Bertz CT molecular complexity index is 1330. The summed E-state index contributed by atoms with van der Waals surface area (Å²) in [5.41, 5.74) is -0.920. The van der Waals surface area contributed by atoms with Crippen molar-refractivity contribution in [2.24, 2.45) is 0 Å². The molecular formula is C25H30F2N8O2. The number of carbonyl (C=O) groups is 1. The van der Waals surface area contributed by atoms with Crippen LogP contribution in [0.2, 0.25) is 0 Å². The molecule has 0 radical (unpaired) electrons. The molecule has 0 aliphatic carbocycles. The number of fused-ring (bicyclic) bond motifs is 1. The van der Waals surface area contributed by atoms with Crippen molar-refractivity contribution in [3.63, 3.8) is 0 Å². The second-order valence-electron chi connectivity index (χ2n) is 8.77. The third kappa shape index (κ3) is 4.71. The molecule has 1 saturated heterocycles. The minimum atomic E-state index is -3.52. The highest BCUT2D eigenvalue weighted by molar-refractivity contribution is 5.91. The van der Waals surface area contributed by atoms with Gasteiger partial charge in [0.1, 0.15) is 5.52 Å². The highest BCUT2D eigenvalue weighted by Crippen LogP contribution is 2.40. The second-order valence-corrected chi connectivity index (χ2v) is 8.77. The smallest absolute Gasteiger partial charge is 0.287 e. The fourth-order valence-electron chi connectivity index (χ4n) is 4.49. The number of aryl methyl sites for hydroxylation is 1. The van der Waals surface area contributed by atoms with Gasteiger partial charge in [0.15, 0.2) is 11.6 Å². The van der Waals surface area contributed by atoms with E-state index in [1.54, 1.807) is 10.7 Å². The van der Waals surface area contributed by atoms with Gasteiger partial charge in [-0.1, -0.05) is 31.4 Å². The van der Waals surface area contributed by atoms with Crippen LogP contribution in [0, 0.1) is 6.92 Å². The first-order valence-corrected chi connectivity index (χ1v) is 11.7. The van der Waals surface area contributed by atoms with E-state index in [-0.39, 0.29) is 18.7 Å². The number of hydrogen-bond donors (Lipinski definition) is 2. The van der Waals surface area contributed by atoms with Gasteiger partial charge in [-0.25, -0.2) is 13.3 Å². The van der Waals surface area contributed by atoms with E-state index in [0.29, 0.717) is 37.6 Å². The average Bonchev–Trinajstić information content (AvgIpc) is 3.52. The second kappa shape index (κ2) is 10.1. The summed E-state index contributed by atoms with van der Waals surface area (Å²) in [6.45, 7) is 10.8. The molecule has 0 saturated carbocycles. The number of hydrogen-bond acceptors (Lipinski definition) is 7. The number of alkyl halides is 2. The predicted molar refractivity (Wildman–Crippen MR) is 137 cm³/mol. The molecule has 0 bridgehead atoms. The number of rotatable bonds is 9. The number of H-pyrrole nitrogens is 1. The van der Waals surface area contributed by atoms with Crippen molar-refractivity contribution in [3.05, 3.63) is 67.0 Å². The molecule has 0 unspecified atom stereocenters. The number of carbonyl (C=O) groups excluding carboxylic acids is 1. The Morgan fingerprint density at radius 3 is 2.57 bits per heavy atom. The molecule has 1 amide bonds. The van der Waals surface area contributed by atoms with Crippen LogP contribution >= 0.6 is 0 Å². The van der Waals surface area contributed by atoms with Crippen molar-refractivity contribution in [1.82, 2.24) is 29.7 Å². The minimum Gasteiger partial charge on any atom is -0.359 e. The predicted octanol–water partition coefficient (Wildman–Crippen LogP) is 3.49. The molecular weight excluding hydrogens is 482 g/mol. The quantitative estimate of drug-likeness (QED) is 0.423. The van der Waals surface area contributed by atoms with Gasteiger partial charge in [0, 0.05) is 58.2 Å². The minimum absolute atomic E-state index is 0.0596. The number of aromatic amines is 1. The van der Waals surface area contributed by atoms with Gasteiger partial charge in [0.25, 0.3) is 11.8 Å². The zero-order valence-electron chi connectivity index (χ0n) is 21.0. The number of anilines is 3. The zero-order valence-corrected chi connectivity index (χ0v) is 21.0. The van der Waals surface area contributed by atoms with E-state index >= 15 is 0 Å². The summed E-state index contributed by atoms with van der Waals surface area (Å²) in [4.78, 5) is 21.5. The molecule has 12 heteroatoms. The summed E-state index contributed by atoms with van der Waals surface area (Å²) in [5, 5.41) is 14.9. The van der Waals surface area contributed by atoms with Crippen molar-refractivity contribution < 1.29 is 18.3 Å². The van der Waals surface area contributed by atoms with E-state index in [9.17, 15) is 13.6 Å². The van der Waals surface area contributed by atoms with Crippen molar-refractivity contribution >= 4 is 29.0 Å². The van der Waals surface area contributed by atoms with Gasteiger partial charge in [-0.15, -0.1) is 5.10 Å². The van der Waals surface area contributed by atoms with E-state index in [0.717, 1.165) is 18.3 Å². The molecule has 196 valence electrons. The summed E-state index contributed by atoms with van der Waals surface area (Å²) in [6.07, 6.45) is 5.65. The van der Waals surface area contributed by atoms with Gasteiger partial charge >= 0.3 is 0 Å². The molecule has 4 rings (SSSR count). The summed E-state index contributed by atoms with van der Waals surface area (Å²) >= 11 is 0. The number of aromatic nitrogens is 5. The maximum Gasteiger partial charge on any atom is 0.287 e. The fourth-order valence-corrected chi connectivity index (χ4v) is 4.49. The Morgan fingerprint density at radius 2 is 2.00 bits per heavy atom. The number of methoxy groups -OCH3 is 1. The molecule has 1 aliphatic rings. The number of halogens is 2. The Kier molecular flexibility index (Phi) is 7.12. The van der Waals surface area contributed by atoms with Crippen molar-refractivity contribution in [1.29, 1.82) is 0 Å². The molecule has 3 aromatic rings. The molecule has 37 heavy (non-hydrogen) atoms.